The third-order valence-corrected chi connectivity index (χ3v) is 4.55. The molecule has 2 aromatic carbocycles. The van der Waals surface area contributed by atoms with Crippen molar-refractivity contribution in [2.24, 2.45) is 0 Å². The molecule has 6 heteroatoms. The van der Waals surface area contributed by atoms with E-state index in [2.05, 4.69) is 4.98 Å². The largest absolute Gasteiger partial charge is 0.289 e. The molecule has 0 bridgehead atoms. The molecule has 0 saturated carbocycles. The van der Waals surface area contributed by atoms with Gasteiger partial charge in [-0.15, -0.1) is 11.3 Å². The Morgan fingerprint density at radius 3 is 2.17 bits per heavy atom. The zero-order chi connectivity index (χ0) is 16.4. The van der Waals surface area contributed by atoms with Gasteiger partial charge in [0, 0.05) is 33.3 Å². The fourth-order valence-electron chi connectivity index (χ4n) is 2.06. The number of ketones is 2. The standard InChI is InChI=1S/C17H9Cl2NO2S/c18-12-5-6-14(19)13(9-12)15(21)10-1-3-11(4-2-10)16(22)17-20-7-8-23-17/h1-9H. The van der Waals surface area contributed by atoms with Crippen LogP contribution in [0.4, 0.5) is 0 Å². The van der Waals surface area contributed by atoms with Crippen LogP contribution in [0.25, 0.3) is 0 Å². The van der Waals surface area contributed by atoms with E-state index in [1.807, 2.05) is 0 Å². The van der Waals surface area contributed by atoms with Gasteiger partial charge in [-0.3, -0.25) is 9.59 Å². The van der Waals surface area contributed by atoms with Gasteiger partial charge in [0.1, 0.15) is 0 Å². The molecule has 0 N–H and O–H groups in total. The Balaban J connectivity index is 1.89. The first-order valence-electron chi connectivity index (χ1n) is 6.60. The zero-order valence-corrected chi connectivity index (χ0v) is 14.0. The van der Waals surface area contributed by atoms with E-state index in [-0.39, 0.29) is 11.6 Å². The summed E-state index contributed by atoms with van der Waals surface area (Å²) < 4.78 is 0. The van der Waals surface area contributed by atoms with Gasteiger partial charge in [-0.05, 0) is 18.2 Å². The van der Waals surface area contributed by atoms with Crippen molar-refractivity contribution in [2.75, 3.05) is 0 Å². The smallest absolute Gasteiger partial charge is 0.221 e. The monoisotopic (exact) mass is 361 g/mol. The highest BCUT2D eigenvalue weighted by molar-refractivity contribution is 7.11. The third-order valence-electron chi connectivity index (χ3n) is 3.21. The molecule has 0 fully saturated rings. The lowest BCUT2D eigenvalue weighted by Gasteiger charge is -2.05. The molecule has 3 aromatic rings. The topological polar surface area (TPSA) is 47.0 Å². The third kappa shape index (κ3) is 3.34. The number of thiazole rings is 1. The fourth-order valence-corrected chi connectivity index (χ4v) is 3.03. The van der Waals surface area contributed by atoms with E-state index in [4.69, 9.17) is 23.2 Å². The van der Waals surface area contributed by atoms with Crippen LogP contribution in [0.1, 0.15) is 31.3 Å². The van der Waals surface area contributed by atoms with Crippen molar-refractivity contribution in [3.05, 3.63) is 85.8 Å². The Bertz CT molecular complexity index is 874. The molecule has 3 nitrogen and oxygen atoms in total. The van der Waals surface area contributed by atoms with Crippen LogP contribution in [0.5, 0.6) is 0 Å². The highest BCUT2D eigenvalue weighted by atomic mass is 35.5. The molecule has 0 aliphatic rings. The van der Waals surface area contributed by atoms with Crippen LogP contribution in [-0.4, -0.2) is 16.6 Å². The van der Waals surface area contributed by atoms with Crippen LogP contribution in [0.3, 0.4) is 0 Å². The SMILES string of the molecule is O=C(c1ccc(C(=O)c2cc(Cl)ccc2Cl)cc1)c1nccs1. The maximum Gasteiger partial charge on any atom is 0.221 e. The van der Waals surface area contributed by atoms with Crippen molar-refractivity contribution >= 4 is 46.1 Å². The second kappa shape index (κ2) is 6.62. The van der Waals surface area contributed by atoms with Gasteiger partial charge < -0.3 is 0 Å². The Kier molecular flexibility index (Phi) is 4.57. The molecule has 0 atom stereocenters. The van der Waals surface area contributed by atoms with Gasteiger partial charge >= 0.3 is 0 Å². The molecule has 114 valence electrons. The summed E-state index contributed by atoms with van der Waals surface area (Å²) >= 11 is 13.2. The molecule has 0 radical (unpaired) electrons. The molecule has 3 rings (SSSR count). The molecule has 0 aliphatic carbocycles. The summed E-state index contributed by atoms with van der Waals surface area (Å²) in [5.41, 5.74) is 1.25. The van der Waals surface area contributed by atoms with Crippen molar-refractivity contribution in [3.63, 3.8) is 0 Å². The molecule has 0 saturated heterocycles. The van der Waals surface area contributed by atoms with E-state index in [0.29, 0.717) is 31.7 Å². The lowest BCUT2D eigenvalue weighted by molar-refractivity contribution is 0.102. The van der Waals surface area contributed by atoms with Crippen molar-refractivity contribution in [1.82, 2.24) is 4.98 Å². The van der Waals surface area contributed by atoms with E-state index in [1.165, 1.54) is 17.4 Å². The van der Waals surface area contributed by atoms with Gasteiger partial charge in [-0.2, -0.15) is 0 Å². The maximum atomic E-state index is 12.5. The highest BCUT2D eigenvalue weighted by Gasteiger charge is 2.16. The van der Waals surface area contributed by atoms with Crippen molar-refractivity contribution < 1.29 is 9.59 Å². The number of hydrogen-bond donors (Lipinski definition) is 0. The number of rotatable bonds is 4. The average Bonchev–Trinajstić information content (AvgIpc) is 3.10. The average molecular weight is 362 g/mol. The second-order valence-electron chi connectivity index (χ2n) is 4.70. The molecule has 1 heterocycles. The lowest BCUT2D eigenvalue weighted by atomic mass is 10.0. The van der Waals surface area contributed by atoms with Crippen LogP contribution >= 0.6 is 34.5 Å². The van der Waals surface area contributed by atoms with Gasteiger partial charge in [0.25, 0.3) is 0 Å². The maximum absolute atomic E-state index is 12.5. The van der Waals surface area contributed by atoms with Crippen molar-refractivity contribution in [1.29, 1.82) is 0 Å². The minimum atomic E-state index is -0.245. The molecule has 1 aromatic heterocycles. The Morgan fingerprint density at radius 2 is 1.57 bits per heavy atom. The predicted molar refractivity (Wildman–Crippen MR) is 91.9 cm³/mol. The zero-order valence-electron chi connectivity index (χ0n) is 11.6. The molecular weight excluding hydrogens is 353 g/mol. The second-order valence-corrected chi connectivity index (χ2v) is 6.44. The van der Waals surface area contributed by atoms with Crippen LogP contribution < -0.4 is 0 Å². The molecule has 0 aliphatic heterocycles. The summed E-state index contributed by atoms with van der Waals surface area (Å²) in [5.74, 6) is -0.412. The molecule has 0 amide bonds. The first-order valence-corrected chi connectivity index (χ1v) is 8.24. The Hall–Kier alpha value is -2.01. The molecule has 0 spiro atoms. The number of carbonyl (C=O) groups is 2. The van der Waals surface area contributed by atoms with Crippen LogP contribution in [0.2, 0.25) is 10.0 Å². The summed E-state index contributed by atoms with van der Waals surface area (Å²) in [7, 11) is 0. The van der Waals surface area contributed by atoms with Gasteiger partial charge in [-0.1, -0.05) is 47.5 Å². The van der Waals surface area contributed by atoms with E-state index in [9.17, 15) is 9.59 Å². The van der Waals surface area contributed by atoms with E-state index in [1.54, 1.807) is 48.0 Å². The van der Waals surface area contributed by atoms with E-state index in [0.717, 1.165) is 0 Å². The summed E-state index contributed by atoms with van der Waals surface area (Å²) in [4.78, 5) is 28.7. The number of nitrogens with zero attached hydrogens (tertiary/aromatic N) is 1. The summed E-state index contributed by atoms with van der Waals surface area (Å²) in [6.07, 6.45) is 1.58. The highest BCUT2D eigenvalue weighted by Crippen LogP contribution is 2.24. The van der Waals surface area contributed by atoms with Crippen LogP contribution in [-0.2, 0) is 0 Å². The summed E-state index contributed by atoms with van der Waals surface area (Å²) in [6, 6.07) is 11.1. The summed E-state index contributed by atoms with van der Waals surface area (Å²) in [5, 5.41) is 2.93. The Morgan fingerprint density at radius 1 is 0.913 bits per heavy atom. The number of aromatic nitrogens is 1. The van der Waals surface area contributed by atoms with Gasteiger partial charge in [0.05, 0.1) is 5.02 Å². The predicted octanol–water partition coefficient (Wildman–Crippen LogP) is 4.91. The normalized spacial score (nSPS) is 10.5. The molecule has 23 heavy (non-hydrogen) atoms. The minimum absolute atomic E-state index is 0.167. The van der Waals surface area contributed by atoms with E-state index >= 15 is 0 Å². The summed E-state index contributed by atoms with van der Waals surface area (Å²) in [6.45, 7) is 0. The first kappa shape index (κ1) is 15.9. The molecule has 0 unspecified atom stereocenters. The number of carbonyl (C=O) groups excluding carboxylic acids is 2. The Labute approximate surface area is 146 Å². The first-order chi connectivity index (χ1) is 11.1. The number of halogens is 2. The van der Waals surface area contributed by atoms with Crippen LogP contribution in [0.15, 0.2) is 54.0 Å². The fraction of sp³-hybridized carbons (Fsp3) is 0. The van der Waals surface area contributed by atoms with Gasteiger partial charge in [-0.25, -0.2) is 4.98 Å². The lowest BCUT2D eigenvalue weighted by Crippen LogP contribution is -2.04. The van der Waals surface area contributed by atoms with E-state index < -0.39 is 0 Å². The van der Waals surface area contributed by atoms with Gasteiger partial charge in [0.2, 0.25) is 5.78 Å². The number of hydrogen-bond acceptors (Lipinski definition) is 4. The number of benzene rings is 2. The van der Waals surface area contributed by atoms with Gasteiger partial charge in [0.15, 0.2) is 10.8 Å². The van der Waals surface area contributed by atoms with Crippen molar-refractivity contribution in [3.8, 4) is 0 Å². The molecular formula is C17H9Cl2NO2S. The van der Waals surface area contributed by atoms with Crippen molar-refractivity contribution in [2.45, 2.75) is 0 Å². The quantitative estimate of drug-likeness (QED) is 0.620. The minimum Gasteiger partial charge on any atom is -0.289 e. The van der Waals surface area contributed by atoms with Crippen LogP contribution in [0, 0.1) is 0 Å².